The zero-order chi connectivity index (χ0) is 21.8. The van der Waals surface area contributed by atoms with Crippen molar-refractivity contribution in [3.8, 4) is 11.5 Å². The van der Waals surface area contributed by atoms with Crippen LogP contribution in [0.5, 0.6) is 0 Å². The lowest BCUT2D eigenvalue weighted by Gasteiger charge is -2.08. The highest BCUT2D eigenvalue weighted by atomic mass is 32.2. The molecular weight excluding hydrogens is 438 g/mol. The molecule has 0 atom stereocenters. The van der Waals surface area contributed by atoms with Crippen molar-refractivity contribution >= 4 is 45.7 Å². The second-order valence-electron chi connectivity index (χ2n) is 6.54. The molecule has 0 radical (unpaired) electrons. The second kappa shape index (κ2) is 9.14. The van der Waals surface area contributed by atoms with E-state index in [0.717, 1.165) is 16.8 Å². The van der Waals surface area contributed by atoms with Crippen molar-refractivity contribution in [3.05, 3.63) is 59.5 Å². The van der Waals surface area contributed by atoms with Gasteiger partial charge in [0.25, 0.3) is 5.91 Å². The number of nitrogens with one attached hydrogen (secondary N) is 2. The van der Waals surface area contributed by atoms with Gasteiger partial charge in [0.05, 0.1) is 12.0 Å². The van der Waals surface area contributed by atoms with Crippen molar-refractivity contribution in [1.29, 1.82) is 0 Å². The van der Waals surface area contributed by atoms with Gasteiger partial charge in [-0.3, -0.25) is 14.9 Å². The number of hydrogen-bond acceptors (Lipinski definition) is 9. The Bertz CT molecular complexity index is 1220. The van der Waals surface area contributed by atoms with Crippen LogP contribution in [0.4, 0.5) is 10.8 Å². The summed E-state index contributed by atoms with van der Waals surface area (Å²) in [5, 5.41) is 17.5. The fourth-order valence-electron chi connectivity index (χ4n) is 2.58. The molecule has 0 saturated heterocycles. The summed E-state index contributed by atoms with van der Waals surface area (Å²) >= 11 is 2.41. The standard InChI is InChI=1S/C20H17N5O4S2/c1-11-5-6-12(2)13(8-11)21-17(26)10-30-20-24-23-19(31-20)22-18(27)14-9-16(29-25-14)15-4-3-7-28-15/h3-9H,10H2,1-2H3,(H,21,26)(H,22,23,27). The van der Waals surface area contributed by atoms with Gasteiger partial charge in [0.15, 0.2) is 15.8 Å². The van der Waals surface area contributed by atoms with E-state index in [1.165, 1.54) is 35.4 Å². The number of nitrogens with zero attached hydrogens (tertiary/aromatic N) is 3. The molecule has 4 aromatic rings. The Labute approximate surface area is 185 Å². The molecule has 0 spiro atoms. The number of thioether (sulfide) groups is 1. The van der Waals surface area contributed by atoms with Crippen molar-refractivity contribution in [2.45, 2.75) is 18.2 Å². The maximum Gasteiger partial charge on any atom is 0.279 e. The van der Waals surface area contributed by atoms with Crippen LogP contribution in [-0.2, 0) is 4.79 Å². The first-order valence-corrected chi connectivity index (χ1v) is 10.9. The minimum absolute atomic E-state index is 0.0868. The molecule has 0 fully saturated rings. The minimum Gasteiger partial charge on any atom is -0.461 e. The molecule has 9 nitrogen and oxygen atoms in total. The molecule has 11 heteroatoms. The fourth-order valence-corrected chi connectivity index (χ4v) is 4.13. The number of rotatable bonds is 7. The molecule has 4 rings (SSSR count). The van der Waals surface area contributed by atoms with Gasteiger partial charge in [-0.05, 0) is 43.2 Å². The van der Waals surface area contributed by atoms with Crippen molar-refractivity contribution in [3.63, 3.8) is 0 Å². The van der Waals surface area contributed by atoms with E-state index in [4.69, 9.17) is 8.94 Å². The molecule has 0 unspecified atom stereocenters. The minimum atomic E-state index is -0.484. The van der Waals surface area contributed by atoms with Crippen LogP contribution in [0.25, 0.3) is 11.5 Å². The Morgan fingerprint density at radius 2 is 1.97 bits per heavy atom. The molecule has 31 heavy (non-hydrogen) atoms. The number of anilines is 2. The zero-order valence-corrected chi connectivity index (χ0v) is 18.2. The maximum atomic E-state index is 12.3. The van der Waals surface area contributed by atoms with Gasteiger partial charge in [-0.25, -0.2) is 0 Å². The van der Waals surface area contributed by atoms with E-state index < -0.39 is 5.91 Å². The van der Waals surface area contributed by atoms with Crippen LogP contribution >= 0.6 is 23.1 Å². The Balaban J connectivity index is 1.30. The number of benzene rings is 1. The number of carbonyl (C=O) groups is 2. The lowest BCUT2D eigenvalue weighted by atomic mass is 10.1. The van der Waals surface area contributed by atoms with Gasteiger partial charge in [-0.2, -0.15) is 0 Å². The average molecular weight is 456 g/mol. The van der Waals surface area contributed by atoms with Crippen LogP contribution in [0.1, 0.15) is 21.6 Å². The van der Waals surface area contributed by atoms with Crippen molar-refractivity contribution in [2.24, 2.45) is 0 Å². The summed E-state index contributed by atoms with van der Waals surface area (Å²) in [4.78, 5) is 24.6. The van der Waals surface area contributed by atoms with Gasteiger partial charge in [0, 0.05) is 11.8 Å². The van der Waals surface area contributed by atoms with E-state index in [0.29, 0.717) is 21.0 Å². The molecule has 3 heterocycles. The van der Waals surface area contributed by atoms with Crippen LogP contribution in [-0.4, -0.2) is 32.9 Å². The molecular formula is C20H17N5O4S2. The van der Waals surface area contributed by atoms with Crippen LogP contribution in [0.3, 0.4) is 0 Å². The first kappa shape index (κ1) is 20.8. The van der Waals surface area contributed by atoms with Gasteiger partial charge in [-0.15, -0.1) is 10.2 Å². The van der Waals surface area contributed by atoms with Crippen molar-refractivity contribution in [1.82, 2.24) is 15.4 Å². The van der Waals surface area contributed by atoms with E-state index in [2.05, 4.69) is 26.0 Å². The number of amides is 2. The Kier molecular flexibility index (Phi) is 6.14. The molecule has 3 aromatic heterocycles. The third kappa shape index (κ3) is 5.19. The molecule has 2 N–H and O–H groups in total. The predicted molar refractivity (Wildman–Crippen MR) is 117 cm³/mol. The smallest absolute Gasteiger partial charge is 0.279 e. The van der Waals surface area contributed by atoms with Gasteiger partial charge < -0.3 is 14.3 Å². The topological polar surface area (TPSA) is 123 Å². The van der Waals surface area contributed by atoms with E-state index in [-0.39, 0.29) is 17.4 Å². The lowest BCUT2D eigenvalue weighted by molar-refractivity contribution is -0.113. The summed E-state index contributed by atoms with van der Waals surface area (Å²) < 4.78 is 10.9. The number of aryl methyl sites for hydroxylation is 2. The van der Waals surface area contributed by atoms with Gasteiger partial charge in [-0.1, -0.05) is 40.4 Å². The van der Waals surface area contributed by atoms with Gasteiger partial charge in [0.1, 0.15) is 0 Å². The summed E-state index contributed by atoms with van der Waals surface area (Å²) in [5.74, 6) is 0.361. The van der Waals surface area contributed by atoms with Crippen molar-refractivity contribution < 1.29 is 18.5 Å². The monoisotopic (exact) mass is 455 g/mol. The van der Waals surface area contributed by atoms with Crippen LogP contribution in [0, 0.1) is 13.8 Å². The molecule has 1 aromatic carbocycles. The van der Waals surface area contributed by atoms with Gasteiger partial charge >= 0.3 is 0 Å². The molecule has 2 amide bonds. The zero-order valence-electron chi connectivity index (χ0n) is 16.5. The molecule has 158 valence electrons. The summed E-state index contributed by atoms with van der Waals surface area (Å²) in [6.45, 7) is 3.91. The van der Waals surface area contributed by atoms with Crippen LogP contribution in [0.2, 0.25) is 0 Å². The molecule has 0 saturated carbocycles. The lowest BCUT2D eigenvalue weighted by Crippen LogP contribution is -2.14. The van der Waals surface area contributed by atoms with E-state index in [1.807, 2.05) is 32.0 Å². The third-order valence-corrected chi connectivity index (χ3v) is 6.10. The summed E-state index contributed by atoms with van der Waals surface area (Å²) in [6.07, 6.45) is 1.50. The first-order valence-electron chi connectivity index (χ1n) is 9.13. The molecule has 0 aliphatic heterocycles. The normalized spacial score (nSPS) is 10.8. The van der Waals surface area contributed by atoms with Crippen LogP contribution in [0.15, 0.2) is 55.9 Å². The highest BCUT2D eigenvalue weighted by Gasteiger charge is 2.17. The van der Waals surface area contributed by atoms with Crippen LogP contribution < -0.4 is 10.6 Å². The Morgan fingerprint density at radius 1 is 1.10 bits per heavy atom. The highest BCUT2D eigenvalue weighted by molar-refractivity contribution is 8.01. The predicted octanol–water partition coefficient (Wildman–Crippen LogP) is 4.39. The third-order valence-electron chi connectivity index (χ3n) is 4.13. The SMILES string of the molecule is Cc1ccc(C)c(NC(=O)CSc2nnc(NC(=O)c3cc(-c4ccco4)on3)s2)c1. The molecule has 0 aliphatic carbocycles. The molecule has 0 aliphatic rings. The maximum absolute atomic E-state index is 12.3. The van der Waals surface area contributed by atoms with Crippen molar-refractivity contribution in [2.75, 3.05) is 16.4 Å². The van der Waals surface area contributed by atoms with Gasteiger partial charge in [0.2, 0.25) is 16.8 Å². The first-order chi connectivity index (χ1) is 15.0. The Hall–Kier alpha value is -3.44. The number of hydrogen-bond donors (Lipinski definition) is 2. The Morgan fingerprint density at radius 3 is 2.77 bits per heavy atom. The highest BCUT2D eigenvalue weighted by Crippen LogP contribution is 2.27. The largest absolute Gasteiger partial charge is 0.461 e. The second-order valence-corrected chi connectivity index (χ2v) is 8.74. The number of carbonyl (C=O) groups excluding carboxylic acids is 2. The summed E-state index contributed by atoms with van der Waals surface area (Å²) in [6, 6.07) is 10.8. The van der Waals surface area contributed by atoms with E-state index in [9.17, 15) is 9.59 Å². The summed E-state index contributed by atoms with van der Waals surface area (Å²) in [5.41, 5.74) is 2.94. The quantitative estimate of drug-likeness (QED) is 0.311. The summed E-state index contributed by atoms with van der Waals surface area (Å²) in [7, 11) is 0. The molecule has 0 bridgehead atoms. The number of aromatic nitrogens is 3. The van der Waals surface area contributed by atoms with E-state index in [1.54, 1.807) is 12.1 Å². The number of furan rings is 1. The fraction of sp³-hybridized carbons (Fsp3) is 0.150. The average Bonchev–Trinajstić information content (AvgIpc) is 3.50. The van der Waals surface area contributed by atoms with E-state index >= 15 is 0 Å².